The van der Waals surface area contributed by atoms with Crippen molar-refractivity contribution in [3.63, 3.8) is 0 Å². The molecule has 1 N–H and O–H groups in total. The predicted octanol–water partition coefficient (Wildman–Crippen LogP) is 2.87. The van der Waals surface area contributed by atoms with Gasteiger partial charge in [0, 0.05) is 25.1 Å². The molecule has 170 valence electrons. The Kier molecular flexibility index (Phi) is 6.62. The molecular weight excluding hydrogens is 414 g/mol. The van der Waals surface area contributed by atoms with Gasteiger partial charge in [-0.15, -0.1) is 0 Å². The summed E-state index contributed by atoms with van der Waals surface area (Å²) in [5.41, 5.74) is 1.67. The molecule has 0 spiro atoms. The third-order valence-electron chi connectivity index (χ3n) is 6.01. The predicted molar refractivity (Wildman–Crippen MR) is 115 cm³/mol. The van der Waals surface area contributed by atoms with Crippen LogP contribution < -0.4 is 14.2 Å². The van der Waals surface area contributed by atoms with Gasteiger partial charge in [-0.25, -0.2) is 0 Å². The normalized spacial score (nSPS) is 22.1. The molecule has 32 heavy (non-hydrogen) atoms. The number of ether oxygens (including phenoxy) is 4. The highest BCUT2D eigenvalue weighted by Gasteiger charge is 2.48. The first kappa shape index (κ1) is 22.1. The maximum atomic E-state index is 12.5. The van der Waals surface area contributed by atoms with E-state index in [1.54, 1.807) is 7.11 Å². The van der Waals surface area contributed by atoms with Gasteiger partial charge in [-0.1, -0.05) is 18.2 Å². The lowest BCUT2D eigenvalue weighted by atomic mass is 9.82. The summed E-state index contributed by atoms with van der Waals surface area (Å²) in [7, 11) is 1.58. The van der Waals surface area contributed by atoms with Crippen LogP contribution >= 0.6 is 0 Å². The fourth-order valence-electron chi connectivity index (χ4n) is 4.56. The van der Waals surface area contributed by atoms with Gasteiger partial charge in [-0.2, -0.15) is 0 Å². The zero-order valence-electron chi connectivity index (χ0n) is 18.2. The number of fused-ring (bicyclic) bond motifs is 1. The van der Waals surface area contributed by atoms with Crippen LogP contribution in [0.15, 0.2) is 42.5 Å². The molecule has 8 nitrogen and oxygen atoms in total. The highest BCUT2D eigenvalue weighted by atomic mass is 16.7. The molecule has 1 saturated heterocycles. The molecule has 8 heteroatoms. The molecule has 4 rings (SSSR count). The van der Waals surface area contributed by atoms with Gasteiger partial charge in [-0.3, -0.25) is 14.5 Å². The number of hydrogen-bond donors (Lipinski definition) is 1. The van der Waals surface area contributed by atoms with Crippen LogP contribution in [0.1, 0.15) is 30.0 Å². The monoisotopic (exact) mass is 441 g/mol. The Balaban J connectivity index is 1.69. The van der Waals surface area contributed by atoms with Gasteiger partial charge < -0.3 is 24.1 Å². The number of methoxy groups -OCH3 is 1. The molecule has 2 aromatic rings. The van der Waals surface area contributed by atoms with E-state index in [2.05, 4.69) is 0 Å². The number of Topliss-reactive ketones (excluding diaryl/α,β-unsaturated/α-hetero) is 1. The first-order valence-corrected chi connectivity index (χ1v) is 10.6. The average Bonchev–Trinajstić information content (AvgIpc) is 3.42. The van der Waals surface area contributed by atoms with Crippen LogP contribution in [0.25, 0.3) is 0 Å². The molecule has 0 radical (unpaired) electrons. The maximum Gasteiger partial charge on any atom is 0.309 e. The van der Waals surface area contributed by atoms with Crippen LogP contribution in [0.5, 0.6) is 17.2 Å². The van der Waals surface area contributed by atoms with Gasteiger partial charge in [0.2, 0.25) is 6.79 Å². The van der Waals surface area contributed by atoms with Gasteiger partial charge in [0.15, 0.2) is 17.3 Å². The lowest BCUT2D eigenvalue weighted by Crippen LogP contribution is -2.34. The number of carbonyl (C=O) groups is 2. The molecule has 2 aliphatic heterocycles. The fourth-order valence-corrected chi connectivity index (χ4v) is 4.56. The number of benzene rings is 2. The van der Waals surface area contributed by atoms with E-state index in [1.807, 2.05) is 54.3 Å². The molecule has 2 aliphatic rings. The Morgan fingerprint density at radius 3 is 2.50 bits per heavy atom. The number of ketones is 1. The van der Waals surface area contributed by atoms with Crippen LogP contribution in [-0.4, -0.2) is 62.0 Å². The van der Waals surface area contributed by atoms with E-state index >= 15 is 0 Å². The van der Waals surface area contributed by atoms with Crippen molar-refractivity contribution >= 4 is 11.8 Å². The minimum Gasteiger partial charge on any atom is -0.497 e. The summed E-state index contributed by atoms with van der Waals surface area (Å²) in [6, 6.07) is 12.4. The van der Waals surface area contributed by atoms with Gasteiger partial charge in [0.25, 0.3) is 0 Å². The second-order valence-corrected chi connectivity index (χ2v) is 7.91. The number of nitrogens with zero attached hydrogens (tertiary/aromatic N) is 1. The number of carbonyl (C=O) groups excluding carboxylic acids is 1. The summed E-state index contributed by atoms with van der Waals surface area (Å²) in [6.07, 6.45) is 0. The summed E-state index contributed by atoms with van der Waals surface area (Å²) >= 11 is 0. The Hall–Kier alpha value is -3.10. The highest BCUT2D eigenvalue weighted by Crippen LogP contribution is 2.47. The van der Waals surface area contributed by atoms with E-state index in [1.165, 1.54) is 0 Å². The first-order chi connectivity index (χ1) is 15.5. The summed E-state index contributed by atoms with van der Waals surface area (Å²) < 4.78 is 21.4. The highest BCUT2D eigenvalue weighted by molar-refractivity contribution is 5.82. The molecule has 3 unspecified atom stereocenters. The molecule has 2 heterocycles. The van der Waals surface area contributed by atoms with Crippen LogP contribution in [-0.2, 0) is 14.3 Å². The lowest BCUT2D eigenvalue weighted by Gasteiger charge is -2.27. The van der Waals surface area contributed by atoms with Crippen molar-refractivity contribution in [1.82, 2.24) is 4.90 Å². The molecular formula is C24H27NO7. The van der Waals surface area contributed by atoms with Crippen molar-refractivity contribution in [2.45, 2.75) is 18.9 Å². The topological polar surface area (TPSA) is 94.5 Å². The van der Waals surface area contributed by atoms with Crippen molar-refractivity contribution < 1.29 is 33.6 Å². The summed E-state index contributed by atoms with van der Waals surface area (Å²) in [4.78, 5) is 27.0. The van der Waals surface area contributed by atoms with E-state index in [9.17, 15) is 14.7 Å². The standard InChI is InChI=1S/C24H27NO7/c1-3-30-13-17(26)11-25-12-19(16-6-9-20-21(10-16)32-14-31-20)22(24(27)28)23(25)15-4-7-18(29-2)8-5-15/h4-10,19,22-23H,3,11-14H2,1-2H3,(H,27,28). The van der Waals surface area contributed by atoms with E-state index in [0.29, 0.717) is 30.4 Å². The molecule has 0 aromatic heterocycles. The van der Waals surface area contributed by atoms with Gasteiger partial charge in [-0.05, 0) is 42.3 Å². The number of hydrogen-bond acceptors (Lipinski definition) is 7. The summed E-state index contributed by atoms with van der Waals surface area (Å²) in [5, 5.41) is 10.2. The van der Waals surface area contributed by atoms with E-state index < -0.39 is 17.9 Å². The van der Waals surface area contributed by atoms with E-state index in [-0.39, 0.29) is 31.6 Å². The number of carboxylic acid groups (broad SMARTS) is 1. The Morgan fingerprint density at radius 2 is 1.81 bits per heavy atom. The van der Waals surface area contributed by atoms with E-state index in [0.717, 1.165) is 11.1 Å². The smallest absolute Gasteiger partial charge is 0.309 e. The van der Waals surface area contributed by atoms with E-state index in [4.69, 9.17) is 18.9 Å². The molecule has 0 aliphatic carbocycles. The number of aliphatic carboxylic acids is 1. The van der Waals surface area contributed by atoms with Gasteiger partial charge >= 0.3 is 5.97 Å². The Morgan fingerprint density at radius 1 is 1.09 bits per heavy atom. The molecule has 3 atom stereocenters. The molecule has 0 bridgehead atoms. The molecule has 1 fully saturated rings. The maximum absolute atomic E-state index is 12.5. The second-order valence-electron chi connectivity index (χ2n) is 7.91. The zero-order chi connectivity index (χ0) is 22.7. The van der Waals surface area contributed by atoms with Crippen molar-refractivity contribution in [1.29, 1.82) is 0 Å². The Bertz CT molecular complexity index is 975. The minimum atomic E-state index is -0.909. The van der Waals surface area contributed by atoms with Crippen molar-refractivity contribution in [3.8, 4) is 17.2 Å². The first-order valence-electron chi connectivity index (χ1n) is 10.6. The fraction of sp³-hybridized carbons (Fsp3) is 0.417. The number of carboxylic acids is 1. The zero-order valence-corrected chi connectivity index (χ0v) is 18.2. The number of likely N-dealkylation sites (tertiary alicyclic amines) is 1. The molecule has 0 saturated carbocycles. The Labute approximate surface area is 186 Å². The van der Waals surface area contributed by atoms with Gasteiger partial charge in [0.05, 0.1) is 19.6 Å². The third-order valence-corrected chi connectivity index (χ3v) is 6.01. The third kappa shape index (κ3) is 4.42. The molecule has 2 aromatic carbocycles. The van der Waals surface area contributed by atoms with Crippen LogP contribution in [0.4, 0.5) is 0 Å². The van der Waals surface area contributed by atoms with Crippen molar-refractivity contribution in [3.05, 3.63) is 53.6 Å². The summed E-state index contributed by atoms with van der Waals surface area (Å²) in [5.74, 6) is -0.121. The second kappa shape index (κ2) is 9.58. The van der Waals surface area contributed by atoms with Gasteiger partial charge in [0.1, 0.15) is 12.4 Å². The van der Waals surface area contributed by atoms with Crippen LogP contribution in [0.3, 0.4) is 0 Å². The molecule has 0 amide bonds. The average molecular weight is 441 g/mol. The summed E-state index contributed by atoms with van der Waals surface area (Å²) in [6.45, 7) is 2.98. The number of rotatable bonds is 9. The lowest BCUT2D eigenvalue weighted by molar-refractivity contribution is -0.143. The van der Waals surface area contributed by atoms with Crippen molar-refractivity contribution in [2.75, 3.05) is 40.2 Å². The quantitative estimate of drug-likeness (QED) is 0.635. The largest absolute Gasteiger partial charge is 0.497 e. The minimum absolute atomic E-state index is 0.00869. The van der Waals surface area contributed by atoms with Crippen LogP contribution in [0, 0.1) is 5.92 Å². The van der Waals surface area contributed by atoms with Crippen LogP contribution in [0.2, 0.25) is 0 Å². The SMILES string of the molecule is CCOCC(=O)CN1CC(c2ccc3c(c2)OCO3)C(C(=O)O)C1c1ccc(OC)cc1. The van der Waals surface area contributed by atoms with Crippen molar-refractivity contribution in [2.24, 2.45) is 5.92 Å².